The van der Waals surface area contributed by atoms with Crippen LogP contribution in [0.25, 0.3) is 0 Å². The van der Waals surface area contributed by atoms with Crippen LogP contribution in [0.4, 0.5) is 5.69 Å². The van der Waals surface area contributed by atoms with Crippen molar-refractivity contribution >= 4 is 35.0 Å². The maximum atomic E-state index is 12.7. The molecular formula is C24H28ClN5O2S. The first-order valence-corrected chi connectivity index (χ1v) is 12.3. The number of aromatic nitrogens is 3. The Balaban J connectivity index is 1.47. The molecule has 0 spiro atoms. The Bertz CT molecular complexity index is 1100. The molecule has 1 amide bonds. The number of benzene rings is 2. The van der Waals surface area contributed by atoms with Crippen molar-refractivity contribution in [3.8, 4) is 5.75 Å². The summed E-state index contributed by atoms with van der Waals surface area (Å²) in [4.78, 5) is 15.1. The van der Waals surface area contributed by atoms with Crippen LogP contribution in [0.2, 0.25) is 5.02 Å². The molecule has 33 heavy (non-hydrogen) atoms. The summed E-state index contributed by atoms with van der Waals surface area (Å²) in [6.45, 7) is 5.51. The van der Waals surface area contributed by atoms with Crippen molar-refractivity contribution in [1.29, 1.82) is 0 Å². The number of hydrogen-bond acceptors (Lipinski definition) is 6. The third-order valence-corrected chi connectivity index (χ3v) is 7.00. The number of carbonyl (C=O) groups is 1. The van der Waals surface area contributed by atoms with Crippen molar-refractivity contribution in [2.75, 3.05) is 31.3 Å². The Hall–Kier alpha value is -2.55. The highest BCUT2D eigenvalue weighted by Gasteiger charge is 2.19. The van der Waals surface area contributed by atoms with Crippen LogP contribution >= 0.6 is 23.4 Å². The van der Waals surface area contributed by atoms with Gasteiger partial charge in [-0.3, -0.25) is 9.69 Å². The van der Waals surface area contributed by atoms with Gasteiger partial charge in [0.1, 0.15) is 11.6 Å². The average Bonchev–Trinajstić information content (AvgIpc) is 3.46. The highest BCUT2D eigenvalue weighted by Crippen LogP contribution is 2.31. The zero-order chi connectivity index (χ0) is 23.2. The van der Waals surface area contributed by atoms with Crippen LogP contribution in [-0.2, 0) is 17.9 Å². The van der Waals surface area contributed by atoms with Crippen LogP contribution < -0.4 is 10.1 Å². The molecule has 1 saturated heterocycles. The SMILES string of the molecule is COc1cc(Cl)c(C)cc1NC(=O)CSc1nnc(CN2CCCC2)n1Cc1ccccc1. The predicted molar refractivity (Wildman–Crippen MR) is 132 cm³/mol. The van der Waals surface area contributed by atoms with Gasteiger partial charge in [-0.15, -0.1) is 10.2 Å². The monoisotopic (exact) mass is 485 g/mol. The topological polar surface area (TPSA) is 72.3 Å². The largest absolute Gasteiger partial charge is 0.495 e. The van der Waals surface area contributed by atoms with Crippen molar-refractivity contribution in [2.24, 2.45) is 0 Å². The molecule has 0 atom stereocenters. The molecule has 0 unspecified atom stereocenters. The van der Waals surface area contributed by atoms with Gasteiger partial charge in [-0.05, 0) is 50.0 Å². The van der Waals surface area contributed by atoms with Gasteiger partial charge in [-0.25, -0.2) is 0 Å². The Kier molecular flexibility index (Phi) is 7.90. The third kappa shape index (κ3) is 6.07. The normalized spacial score (nSPS) is 13.9. The second-order valence-corrected chi connectivity index (χ2v) is 9.44. The smallest absolute Gasteiger partial charge is 0.234 e. The van der Waals surface area contributed by atoms with Gasteiger partial charge < -0.3 is 14.6 Å². The van der Waals surface area contributed by atoms with Crippen LogP contribution in [0, 0.1) is 6.92 Å². The summed E-state index contributed by atoms with van der Waals surface area (Å²) >= 11 is 7.56. The molecule has 1 aliphatic rings. The minimum atomic E-state index is -0.143. The maximum absolute atomic E-state index is 12.7. The van der Waals surface area contributed by atoms with Crippen molar-refractivity contribution < 1.29 is 9.53 Å². The van der Waals surface area contributed by atoms with E-state index >= 15 is 0 Å². The van der Waals surface area contributed by atoms with E-state index in [1.54, 1.807) is 13.2 Å². The number of carbonyl (C=O) groups excluding carboxylic acids is 1. The molecule has 0 bridgehead atoms. The molecule has 1 N–H and O–H groups in total. The highest BCUT2D eigenvalue weighted by molar-refractivity contribution is 7.99. The minimum absolute atomic E-state index is 0.143. The number of nitrogens with zero attached hydrogens (tertiary/aromatic N) is 4. The summed E-state index contributed by atoms with van der Waals surface area (Å²) in [7, 11) is 1.55. The maximum Gasteiger partial charge on any atom is 0.234 e. The molecule has 0 aliphatic carbocycles. The molecule has 4 rings (SSSR count). The Morgan fingerprint density at radius 1 is 1.15 bits per heavy atom. The summed E-state index contributed by atoms with van der Waals surface area (Å²) in [6.07, 6.45) is 2.45. The fourth-order valence-electron chi connectivity index (χ4n) is 3.85. The second kappa shape index (κ2) is 11.0. The van der Waals surface area contributed by atoms with Crippen molar-refractivity contribution in [3.05, 3.63) is 64.4 Å². The van der Waals surface area contributed by atoms with Crippen LogP contribution in [-0.4, -0.2) is 51.5 Å². The second-order valence-electron chi connectivity index (χ2n) is 8.09. The van der Waals surface area contributed by atoms with E-state index in [0.717, 1.165) is 36.2 Å². The summed E-state index contributed by atoms with van der Waals surface area (Å²) in [5.41, 5.74) is 2.65. The quantitative estimate of drug-likeness (QED) is 0.446. The molecular weight excluding hydrogens is 458 g/mol. The zero-order valence-corrected chi connectivity index (χ0v) is 20.5. The van der Waals surface area contributed by atoms with Gasteiger partial charge in [0.25, 0.3) is 0 Å². The van der Waals surface area contributed by atoms with Gasteiger partial charge in [0, 0.05) is 11.1 Å². The number of rotatable bonds is 9. The van der Waals surface area contributed by atoms with Crippen LogP contribution in [0.5, 0.6) is 5.75 Å². The van der Waals surface area contributed by atoms with Gasteiger partial charge >= 0.3 is 0 Å². The van der Waals surface area contributed by atoms with E-state index in [1.165, 1.54) is 30.2 Å². The highest BCUT2D eigenvalue weighted by atomic mass is 35.5. The average molecular weight is 486 g/mol. The molecule has 1 aromatic heterocycles. The third-order valence-electron chi connectivity index (χ3n) is 5.63. The molecule has 2 heterocycles. The van der Waals surface area contributed by atoms with Gasteiger partial charge in [0.05, 0.1) is 31.6 Å². The fourth-order valence-corrected chi connectivity index (χ4v) is 4.76. The summed E-state index contributed by atoms with van der Waals surface area (Å²) in [5, 5.41) is 13.2. The van der Waals surface area contributed by atoms with Gasteiger partial charge in [-0.2, -0.15) is 0 Å². The van der Waals surface area contributed by atoms with E-state index in [1.807, 2.05) is 31.2 Å². The van der Waals surface area contributed by atoms with E-state index in [4.69, 9.17) is 16.3 Å². The number of amides is 1. The first kappa shape index (κ1) is 23.6. The number of thioether (sulfide) groups is 1. The Morgan fingerprint density at radius 2 is 1.91 bits per heavy atom. The predicted octanol–water partition coefficient (Wildman–Crippen LogP) is 4.62. The van der Waals surface area contributed by atoms with Gasteiger partial charge in [0.15, 0.2) is 5.16 Å². The molecule has 7 nitrogen and oxygen atoms in total. The Morgan fingerprint density at radius 3 is 2.64 bits per heavy atom. The molecule has 3 aromatic rings. The molecule has 9 heteroatoms. The summed E-state index contributed by atoms with van der Waals surface area (Å²) in [5.74, 6) is 1.53. The molecule has 0 saturated carbocycles. The zero-order valence-electron chi connectivity index (χ0n) is 18.9. The molecule has 1 aliphatic heterocycles. The molecule has 1 fully saturated rings. The number of hydrogen-bond donors (Lipinski definition) is 1. The fraction of sp³-hybridized carbons (Fsp3) is 0.375. The number of methoxy groups -OCH3 is 1. The summed E-state index contributed by atoms with van der Waals surface area (Å²) < 4.78 is 7.48. The number of anilines is 1. The number of likely N-dealkylation sites (tertiary alicyclic amines) is 1. The van der Waals surface area contributed by atoms with Crippen molar-refractivity contribution in [3.63, 3.8) is 0 Å². The van der Waals surface area contributed by atoms with Crippen molar-refractivity contribution in [1.82, 2.24) is 19.7 Å². The first-order chi connectivity index (χ1) is 16.0. The van der Waals surface area contributed by atoms with Crippen molar-refractivity contribution in [2.45, 2.75) is 38.0 Å². The lowest BCUT2D eigenvalue weighted by Crippen LogP contribution is -2.22. The Labute approximate surface area is 203 Å². The van der Waals surface area contributed by atoms with E-state index in [0.29, 0.717) is 23.0 Å². The number of halogens is 1. The van der Waals surface area contributed by atoms with Crippen LogP contribution in [0.15, 0.2) is 47.6 Å². The number of nitrogens with one attached hydrogen (secondary N) is 1. The lowest BCUT2D eigenvalue weighted by Gasteiger charge is -2.16. The minimum Gasteiger partial charge on any atom is -0.495 e. The lowest BCUT2D eigenvalue weighted by atomic mass is 10.2. The number of aryl methyl sites for hydroxylation is 1. The van der Waals surface area contributed by atoms with E-state index in [9.17, 15) is 4.79 Å². The molecule has 0 radical (unpaired) electrons. The van der Waals surface area contributed by atoms with Gasteiger partial charge in [0.2, 0.25) is 5.91 Å². The van der Waals surface area contributed by atoms with Crippen LogP contribution in [0.1, 0.15) is 29.8 Å². The van der Waals surface area contributed by atoms with Gasteiger partial charge in [-0.1, -0.05) is 53.7 Å². The molecule has 2 aromatic carbocycles. The lowest BCUT2D eigenvalue weighted by molar-refractivity contribution is -0.113. The van der Waals surface area contributed by atoms with E-state index in [2.05, 4.69) is 37.1 Å². The van der Waals surface area contributed by atoms with E-state index in [-0.39, 0.29) is 11.7 Å². The van der Waals surface area contributed by atoms with E-state index < -0.39 is 0 Å². The number of ether oxygens (including phenoxy) is 1. The standard InChI is InChI=1S/C24H28ClN5O2S/c1-17-12-20(21(32-2)13-19(17)25)26-23(31)16-33-24-28-27-22(15-29-10-6-7-11-29)30(24)14-18-8-4-3-5-9-18/h3-5,8-9,12-13H,6-7,10-11,14-16H2,1-2H3,(H,26,31). The summed E-state index contributed by atoms with van der Waals surface area (Å²) in [6, 6.07) is 13.8. The van der Waals surface area contributed by atoms with Crippen LogP contribution in [0.3, 0.4) is 0 Å². The molecule has 174 valence electrons. The first-order valence-electron chi connectivity index (χ1n) is 11.0.